The lowest BCUT2D eigenvalue weighted by atomic mass is 9.96. The molecule has 160 valence electrons. The third kappa shape index (κ3) is 3.85. The number of amides is 1. The third-order valence-corrected chi connectivity index (χ3v) is 5.82. The van der Waals surface area contributed by atoms with Gasteiger partial charge in [-0.15, -0.1) is 0 Å². The van der Waals surface area contributed by atoms with E-state index in [1.807, 2.05) is 30.3 Å². The number of pyridine rings is 1. The number of hydrogen-bond acceptors (Lipinski definition) is 5. The lowest BCUT2D eigenvalue weighted by molar-refractivity contribution is 0.0624. The first-order chi connectivity index (χ1) is 15.6. The maximum absolute atomic E-state index is 13.5. The summed E-state index contributed by atoms with van der Waals surface area (Å²) >= 11 is 6.21. The van der Waals surface area contributed by atoms with Crippen molar-refractivity contribution in [3.05, 3.63) is 82.2 Å². The first-order valence-electron chi connectivity index (χ1n) is 10.3. The number of nitrogens with zero attached hydrogens (tertiary/aromatic N) is 1. The van der Waals surface area contributed by atoms with Crippen LogP contribution in [0.3, 0.4) is 0 Å². The van der Waals surface area contributed by atoms with Crippen LogP contribution in [0.15, 0.2) is 76.1 Å². The number of benzene rings is 2. The molecule has 2 heterocycles. The molecule has 1 saturated carbocycles. The second-order valence-electron chi connectivity index (χ2n) is 7.64. The lowest BCUT2D eigenvalue weighted by Crippen LogP contribution is -2.27. The zero-order valence-electron chi connectivity index (χ0n) is 17.0. The molecule has 6 nitrogen and oxygen atoms in total. The molecular formula is C25H19ClN2O4. The van der Waals surface area contributed by atoms with E-state index >= 15 is 0 Å². The van der Waals surface area contributed by atoms with E-state index in [0.717, 1.165) is 24.8 Å². The number of carbonyl (C=O) groups excluding carboxylic acids is 1. The Morgan fingerprint density at radius 3 is 2.47 bits per heavy atom. The van der Waals surface area contributed by atoms with E-state index in [9.17, 15) is 9.59 Å². The normalized spacial score (nSPS) is 13.5. The molecule has 0 unspecified atom stereocenters. The van der Waals surface area contributed by atoms with Crippen molar-refractivity contribution >= 4 is 34.4 Å². The van der Waals surface area contributed by atoms with Gasteiger partial charge in [0.2, 0.25) is 5.43 Å². The van der Waals surface area contributed by atoms with Crippen molar-refractivity contribution in [3.63, 3.8) is 0 Å². The monoisotopic (exact) mass is 446 g/mol. The van der Waals surface area contributed by atoms with Crippen LogP contribution in [0, 0.1) is 0 Å². The van der Waals surface area contributed by atoms with E-state index in [4.69, 9.17) is 20.8 Å². The van der Waals surface area contributed by atoms with E-state index in [1.165, 1.54) is 6.20 Å². The Kier molecular flexibility index (Phi) is 5.37. The molecule has 2 aromatic carbocycles. The van der Waals surface area contributed by atoms with Crippen molar-refractivity contribution < 1.29 is 13.9 Å². The molecule has 1 N–H and O–H groups in total. The average molecular weight is 447 g/mol. The van der Waals surface area contributed by atoms with Gasteiger partial charge in [0.05, 0.1) is 10.9 Å². The van der Waals surface area contributed by atoms with Crippen LogP contribution >= 0.6 is 11.6 Å². The Labute approximate surface area is 188 Å². The van der Waals surface area contributed by atoms with Gasteiger partial charge in [0.1, 0.15) is 11.9 Å². The minimum absolute atomic E-state index is 0.00579. The summed E-state index contributed by atoms with van der Waals surface area (Å²) in [4.78, 5) is 29.5. The number of halogens is 1. The summed E-state index contributed by atoms with van der Waals surface area (Å²) in [6.45, 7) is 0. The molecule has 2 aromatic heterocycles. The number of aromatic nitrogens is 1. The molecule has 0 aliphatic heterocycles. The van der Waals surface area contributed by atoms with Gasteiger partial charge in [0.15, 0.2) is 10.7 Å². The maximum atomic E-state index is 13.5. The van der Waals surface area contributed by atoms with Gasteiger partial charge in [-0.05, 0) is 43.0 Å². The number of anilines is 1. The first-order valence-corrected chi connectivity index (χ1v) is 10.7. The van der Waals surface area contributed by atoms with Crippen LogP contribution < -0.4 is 10.7 Å². The molecule has 32 heavy (non-hydrogen) atoms. The predicted molar refractivity (Wildman–Crippen MR) is 124 cm³/mol. The number of hydrogen-bond donors (Lipinski definition) is 1. The van der Waals surface area contributed by atoms with Crippen molar-refractivity contribution in [2.45, 2.75) is 25.4 Å². The van der Waals surface area contributed by atoms with Crippen molar-refractivity contribution in [2.75, 3.05) is 5.32 Å². The Morgan fingerprint density at radius 2 is 1.78 bits per heavy atom. The lowest BCUT2D eigenvalue weighted by Gasteiger charge is -2.25. The highest BCUT2D eigenvalue weighted by atomic mass is 35.5. The van der Waals surface area contributed by atoms with Crippen LogP contribution in [-0.2, 0) is 4.74 Å². The summed E-state index contributed by atoms with van der Waals surface area (Å²) in [5, 5.41) is 3.21. The van der Waals surface area contributed by atoms with Gasteiger partial charge < -0.3 is 9.15 Å². The molecule has 0 spiro atoms. The van der Waals surface area contributed by atoms with E-state index in [0.29, 0.717) is 28.0 Å². The van der Waals surface area contributed by atoms with Crippen molar-refractivity contribution in [3.8, 4) is 22.5 Å². The Balaban J connectivity index is 1.56. The Bertz CT molecular complexity index is 1350. The molecule has 0 saturated heterocycles. The summed E-state index contributed by atoms with van der Waals surface area (Å²) in [7, 11) is 0. The molecule has 1 amide bonds. The van der Waals surface area contributed by atoms with Gasteiger partial charge >= 0.3 is 6.09 Å². The highest BCUT2D eigenvalue weighted by molar-refractivity contribution is 6.33. The maximum Gasteiger partial charge on any atom is 0.411 e. The number of nitrogens with one attached hydrogen (secondary N) is 1. The summed E-state index contributed by atoms with van der Waals surface area (Å²) in [5.41, 5.74) is 2.43. The Morgan fingerprint density at radius 1 is 1.03 bits per heavy atom. The number of ether oxygens (including phenoxy) is 1. The molecule has 0 bridgehead atoms. The van der Waals surface area contributed by atoms with Gasteiger partial charge in [-0.1, -0.05) is 54.1 Å². The second-order valence-corrected chi connectivity index (χ2v) is 8.00. The minimum Gasteiger partial charge on any atom is -0.452 e. The topological polar surface area (TPSA) is 81.4 Å². The van der Waals surface area contributed by atoms with Gasteiger partial charge in [-0.3, -0.25) is 10.1 Å². The van der Waals surface area contributed by atoms with Gasteiger partial charge in [0, 0.05) is 17.4 Å². The Hall–Kier alpha value is -3.64. The SMILES string of the molecule is O=C(Nc1ccc(-c2c(-c3ccccc3)oc3c(Cl)nccc3c2=O)cc1)OC1CCC1. The molecule has 1 fully saturated rings. The average Bonchev–Trinajstić information content (AvgIpc) is 2.78. The zero-order chi connectivity index (χ0) is 22.1. The van der Waals surface area contributed by atoms with E-state index in [2.05, 4.69) is 10.3 Å². The summed E-state index contributed by atoms with van der Waals surface area (Å²) in [6, 6.07) is 18.0. The molecule has 4 aromatic rings. The largest absolute Gasteiger partial charge is 0.452 e. The summed E-state index contributed by atoms with van der Waals surface area (Å²) in [6.07, 6.45) is 3.92. The summed E-state index contributed by atoms with van der Waals surface area (Å²) < 4.78 is 11.4. The molecule has 1 aliphatic rings. The quantitative estimate of drug-likeness (QED) is 0.373. The third-order valence-electron chi connectivity index (χ3n) is 5.55. The van der Waals surface area contributed by atoms with Crippen LogP contribution in [0.4, 0.5) is 10.5 Å². The molecule has 1 aliphatic carbocycles. The second kappa shape index (κ2) is 8.48. The van der Waals surface area contributed by atoms with Crippen LogP contribution in [0.25, 0.3) is 33.4 Å². The molecule has 0 radical (unpaired) electrons. The van der Waals surface area contributed by atoms with Gasteiger partial charge in [0.25, 0.3) is 0 Å². The number of carbonyl (C=O) groups is 1. The highest BCUT2D eigenvalue weighted by Gasteiger charge is 2.22. The standard InChI is InChI=1S/C25H19ClN2O4/c26-24-23-19(13-14-27-24)21(29)20(22(32-23)16-5-2-1-3-6-16)15-9-11-17(12-10-15)28-25(30)31-18-7-4-8-18/h1-3,5-6,9-14,18H,4,7-8H2,(H,28,30). The van der Waals surface area contributed by atoms with Crippen molar-refractivity contribution in [1.82, 2.24) is 4.98 Å². The molecule has 0 atom stereocenters. The molecule has 5 rings (SSSR count). The molecular weight excluding hydrogens is 428 g/mol. The smallest absolute Gasteiger partial charge is 0.411 e. The van der Waals surface area contributed by atoms with Crippen LogP contribution in [-0.4, -0.2) is 17.2 Å². The van der Waals surface area contributed by atoms with E-state index < -0.39 is 6.09 Å². The zero-order valence-corrected chi connectivity index (χ0v) is 17.8. The van der Waals surface area contributed by atoms with E-state index in [-0.39, 0.29) is 22.3 Å². The fourth-order valence-electron chi connectivity index (χ4n) is 3.65. The van der Waals surface area contributed by atoms with E-state index in [1.54, 1.807) is 30.3 Å². The first kappa shape index (κ1) is 20.3. The minimum atomic E-state index is -0.472. The molecule has 7 heteroatoms. The van der Waals surface area contributed by atoms with Crippen molar-refractivity contribution in [1.29, 1.82) is 0 Å². The fourth-order valence-corrected chi connectivity index (χ4v) is 3.85. The highest BCUT2D eigenvalue weighted by Crippen LogP contribution is 2.34. The fraction of sp³-hybridized carbons (Fsp3) is 0.160. The van der Waals surface area contributed by atoms with Gasteiger partial charge in [-0.25, -0.2) is 9.78 Å². The van der Waals surface area contributed by atoms with Crippen LogP contribution in [0.5, 0.6) is 0 Å². The predicted octanol–water partition coefficient (Wildman–Crippen LogP) is 6.28. The van der Waals surface area contributed by atoms with Crippen molar-refractivity contribution in [2.24, 2.45) is 0 Å². The van der Waals surface area contributed by atoms with Crippen LogP contribution in [0.1, 0.15) is 19.3 Å². The van der Waals surface area contributed by atoms with Crippen LogP contribution in [0.2, 0.25) is 5.15 Å². The number of fused-ring (bicyclic) bond motifs is 1. The number of rotatable bonds is 4. The van der Waals surface area contributed by atoms with Gasteiger partial charge in [-0.2, -0.15) is 0 Å². The summed E-state index contributed by atoms with van der Waals surface area (Å²) in [5.74, 6) is 0.406.